The van der Waals surface area contributed by atoms with Gasteiger partial charge in [0.2, 0.25) is 0 Å². The van der Waals surface area contributed by atoms with Gasteiger partial charge in [0.25, 0.3) is 0 Å². The van der Waals surface area contributed by atoms with Gasteiger partial charge in [0.05, 0.1) is 22.8 Å². The number of hydrogen-bond acceptors (Lipinski definition) is 4. The number of aromatic nitrogens is 1. The van der Waals surface area contributed by atoms with E-state index in [2.05, 4.69) is 258 Å². The molecule has 9 aromatic rings. The SMILES string of the molecule is CC(C)(C)c1ccnc(-c2cccc(Oc3cc(N4CN(c5c(-c6ccccc6)cc(C(C)(C)C)cc5-c5ccccc5)c5ccccc54)cc(C4(C)c5ccccc5-c5ccccc54)c3)c2)c1. The Morgan fingerprint density at radius 2 is 1.00 bits per heavy atom. The number of benzene rings is 8. The van der Waals surface area contributed by atoms with Crippen LogP contribution < -0.4 is 14.5 Å². The minimum atomic E-state index is -0.455. The van der Waals surface area contributed by atoms with Crippen LogP contribution in [0, 0.1) is 0 Å². The second-order valence-corrected chi connectivity index (χ2v) is 20.6. The Hall–Kier alpha value is -7.69. The van der Waals surface area contributed by atoms with Crippen LogP contribution in [0.1, 0.15) is 76.3 Å². The zero-order valence-corrected chi connectivity index (χ0v) is 40.1. The van der Waals surface area contributed by atoms with Crippen molar-refractivity contribution in [2.24, 2.45) is 0 Å². The molecule has 2 aliphatic rings. The van der Waals surface area contributed by atoms with E-state index in [1.165, 1.54) is 66.9 Å². The summed E-state index contributed by atoms with van der Waals surface area (Å²) in [7, 11) is 0. The molecule has 0 spiro atoms. The van der Waals surface area contributed by atoms with Crippen LogP contribution in [0.2, 0.25) is 0 Å². The molecule has 4 heteroatoms. The topological polar surface area (TPSA) is 28.6 Å². The average Bonchev–Trinajstić information content (AvgIpc) is 3.87. The van der Waals surface area contributed by atoms with Crippen molar-refractivity contribution in [2.45, 2.75) is 64.7 Å². The molecule has 68 heavy (non-hydrogen) atoms. The Kier molecular flexibility index (Phi) is 10.5. The van der Waals surface area contributed by atoms with Crippen LogP contribution in [0.5, 0.6) is 11.5 Å². The Labute approximate surface area is 402 Å². The lowest BCUT2D eigenvalue weighted by Gasteiger charge is -2.31. The van der Waals surface area contributed by atoms with Gasteiger partial charge in [-0.25, -0.2) is 0 Å². The maximum absolute atomic E-state index is 7.09. The summed E-state index contributed by atoms with van der Waals surface area (Å²) < 4.78 is 7.09. The third-order valence-electron chi connectivity index (χ3n) is 14.2. The molecule has 0 saturated carbocycles. The number of hydrogen-bond donors (Lipinski definition) is 0. The molecular formula is C64H57N3O. The highest BCUT2D eigenvalue weighted by Crippen LogP contribution is 2.55. The van der Waals surface area contributed by atoms with E-state index in [4.69, 9.17) is 9.72 Å². The molecule has 0 N–H and O–H groups in total. The van der Waals surface area contributed by atoms with E-state index in [0.717, 1.165) is 39.8 Å². The lowest BCUT2D eigenvalue weighted by Crippen LogP contribution is -2.27. The number of rotatable bonds is 8. The molecule has 8 aromatic carbocycles. The highest BCUT2D eigenvalue weighted by molar-refractivity contribution is 5.99. The number of anilines is 4. The molecule has 0 radical (unpaired) electrons. The minimum Gasteiger partial charge on any atom is -0.457 e. The van der Waals surface area contributed by atoms with E-state index in [0.29, 0.717) is 6.67 Å². The Morgan fingerprint density at radius 1 is 0.456 bits per heavy atom. The summed E-state index contributed by atoms with van der Waals surface area (Å²) in [6.45, 7) is 16.6. The molecule has 0 saturated heterocycles. The van der Waals surface area contributed by atoms with Gasteiger partial charge in [0.15, 0.2) is 0 Å². The van der Waals surface area contributed by atoms with Gasteiger partial charge in [-0.05, 0) is 128 Å². The van der Waals surface area contributed by atoms with Crippen LogP contribution >= 0.6 is 0 Å². The number of pyridine rings is 1. The zero-order chi connectivity index (χ0) is 46.8. The molecule has 1 aliphatic heterocycles. The lowest BCUT2D eigenvalue weighted by atomic mass is 9.74. The summed E-state index contributed by atoms with van der Waals surface area (Å²) in [5.41, 5.74) is 19.6. The van der Waals surface area contributed by atoms with E-state index in [1.807, 2.05) is 6.20 Å². The van der Waals surface area contributed by atoms with Gasteiger partial charge >= 0.3 is 0 Å². The molecular weight excluding hydrogens is 827 g/mol. The lowest BCUT2D eigenvalue weighted by molar-refractivity contribution is 0.481. The molecule has 0 atom stereocenters. The first-order valence-electron chi connectivity index (χ1n) is 23.9. The van der Waals surface area contributed by atoms with Crippen LogP contribution in [0.4, 0.5) is 22.7 Å². The third-order valence-corrected chi connectivity index (χ3v) is 14.2. The number of ether oxygens (including phenoxy) is 1. The summed E-state index contributed by atoms with van der Waals surface area (Å²) in [5, 5.41) is 0. The van der Waals surface area contributed by atoms with Crippen molar-refractivity contribution < 1.29 is 4.74 Å². The van der Waals surface area contributed by atoms with Crippen LogP contribution in [0.15, 0.2) is 206 Å². The van der Waals surface area contributed by atoms with Crippen LogP contribution in [0.25, 0.3) is 44.6 Å². The monoisotopic (exact) mass is 883 g/mol. The molecule has 0 amide bonds. The van der Waals surface area contributed by atoms with Crippen LogP contribution in [-0.4, -0.2) is 11.7 Å². The fourth-order valence-corrected chi connectivity index (χ4v) is 10.4. The molecule has 11 rings (SSSR count). The van der Waals surface area contributed by atoms with E-state index in [1.54, 1.807) is 0 Å². The normalized spacial score (nSPS) is 13.8. The summed E-state index contributed by atoms with van der Waals surface area (Å²) in [5.74, 6) is 1.53. The zero-order valence-electron chi connectivity index (χ0n) is 40.1. The predicted octanol–water partition coefficient (Wildman–Crippen LogP) is 17.1. The fraction of sp³-hybridized carbons (Fsp3) is 0.172. The van der Waals surface area contributed by atoms with Crippen LogP contribution in [-0.2, 0) is 16.2 Å². The van der Waals surface area contributed by atoms with Gasteiger partial charge in [0, 0.05) is 40.1 Å². The highest BCUT2D eigenvalue weighted by Gasteiger charge is 2.42. The van der Waals surface area contributed by atoms with E-state index in [9.17, 15) is 0 Å². The van der Waals surface area contributed by atoms with Gasteiger partial charge in [-0.2, -0.15) is 0 Å². The molecule has 0 fully saturated rings. The first kappa shape index (κ1) is 42.9. The molecule has 334 valence electrons. The third kappa shape index (κ3) is 7.55. The Balaban J connectivity index is 1.09. The molecule has 4 nitrogen and oxygen atoms in total. The van der Waals surface area contributed by atoms with Gasteiger partial charge in [-0.15, -0.1) is 0 Å². The second kappa shape index (κ2) is 16.6. The average molecular weight is 884 g/mol. The van der Waals surface area contributed by atoms with Crippen molar-refractivity contribution in [3.8, 4) is 56.1 Å². The first-order chi connectivity index (χ1) is 32.8. The van der Waals surface area contributed by atoms with Crippen molar-refractivity contribution in [3.63, 3.8) is 0 Å². The van der Waals surface area contributed by atoms with E-state index in [-0.39, 0.29) is 10.8 Å². The molecule has 0 unspecified atom stereocenters. The quantitative estimate of drug-likeness (QED) is 0.152. The number of para-hydroxylation sites is 2. The summed E-state index contributed by atoms with van der Waals surface area (Å²) in [6, 6.07) is 72.9. The van der Waals surface area contributed by atoms with E-state index >= 15 is 0 Å². The summed E-state index contributed by atoms with van der Waals surface area (Å²) in [6.07, 6.45) is 1.92. The standard InChI is InChI=1S/C64H57N3O/c1-62(2,3)46-33-34-65-58(40-46)45-25-20-26-50(35-45)68-51-37-48(64(7)56-29-16-14-27-52(56)53-28-15-17-30-57(53)64)36-49(41-51)66-42-67(60-32-19-18-31-59(60)66)61-54(43-21-10-8-11-22-43)38-47(63(4,5)6)39-55(61)44-23-12-9-13-24-44/h8-41H,42H2,1-7H3. The van der Waals surface area contributed by atoms with Crippen LogP contribution in [0.3, 0.4) is 0 Å². The minimum absolute atomic E-state index is 0.00209. The molecule has 1 aliphatic carbocycles. The van der Waals surface area contributed by atoms with Crippen molar-refractivity contribution in [3.05, 3.63) is 234 Å². The Morgan fingerprint density at radius 3 is 1.60 bits per heavy atom. The van der Waals surface area contributed by atoms with Crippen molar-refractivity contribution in [1.29, 1.82) is 0 Å². The first-order valence-corrected chi connectivity index (χ1v) is 23.9. The van der Waals surface area contributed by atoms with Gasteiger partial charge in [0.1, 0.15) is 18.2 Å². The van der Waals surface area contributed by atoms with E-state index < -0.39 is 5.41 Å². The predicted molar refractivity (Wildman–Crippen MR) is 284 cm³/mol. The fourth-order valence-electron chi connectivity index (χ4n) is 10.4. The maximum atomic E-state index is 7.09. The largest absolute Gasteiger partial charge is 0.457 e. The van der Waals surface area contributed by atoms with Crippen molar-refractivity contribution in [2.75, 3.05) is 16.5 Å². The maximum Gasteiger partial charge on any atom is 0.129 e. The van der Waals surface area contributed by atoms with Gasteiger partial charge in [-0.3, -0.25) is 4.98 Å². The summed E-state index contributed by atoms with van der Waals surface area (Å²) in [4.78, 5) is 9.81. The number of nitrogens with zero attached hydrogens (tertiary/aromatic N) is 3. The van der Waals surface area contributed by atoms with Gasteiger partial charge in [-0.1, -0.05) is 175 Å². The molecule has 1 aromatic heterocycles. The molecule has 2 heterocycles. The Bertz CT molecular complexity index is 3230. The smallest absolute Gasteiger partial charge is 0.129 e. The second-order valence-electron chi connectivity index (χ2n) is 20.6. The highest BCUT2D eigenvalue weighted by atomic mass is 16.5. The van der Waals surface area contributed by atoms with Gasteiger partial charge < -0.3 is 14.5 Å². The van der Waals surface area contributed by atoms with Crippen molar-refractivity contribution >= 4 is 22.7 Å². The number of fused-ring (bicyclic) bond motifs is 4. The van der Waals surface area contributed by atoms with Crippen molar-refractivity contribution in [1.82, 2.24) is 4.98 Å². The summed E-state index contributed by atoms with van der Waals surface area (Å²) >= 11 is 0. The molecule has 0 bridgehead atoms.